The highest BCUT2D eigenvalue weighted by Gasteiger charge is 2.22. The summed E-state index contributed by atoms with van der Waals surface area (Å²) < 4.78 is 8.09. The molecule has 164 valence electrons. The summed E-state index contributed by atoms with van der Waals surface area (Å²) in [6.07, 6.45) is 2.56. The predicted octanol–water partition coefficient (Wildman–Crippen LogP) is 3.72. The van der Waals surface area contributed by atoms with Gasteiger partial charge in [-0.15, -0.1) is 21.5 Å². The number of aromatic nitrogens is 3. The maximum Gasteiger partial charge on any atom is 0.192 e. The fraction of sp³-hybridized carbons (Fsp3) is 0.435. The van der Waals surface area contributed by atoms with Gasteiger partial charge in [0.2, 0.25) is 0 Å². The average Bonchev–Trinajstić information content (AvgIpc) is 3.35. The zero-order valence-electron chi connectivity index (χ0n) is 18.4. The molecule has 4 rings (SSSR count). The van der Waals surface area contributed by atoms with Crippen molar-refractivity contribution in [2.45, 2.75) is 46.3 Å². The minimum absolute atomic E-state index is 0.540. The van der Waals surface area contributed by atoms with Crippen molar-refractivity contribution in [1.29, 1.82) is 0 Å². The van der Waals surface area contributed by atoms with Gasteiger partial charge in [-0.3, -0.25) is 0 Å². The van der Waals surface area contributed by atoms with E-state index in [0.29, 0.717) is 13.1 Å². The Bertz CT molecular complexity index is 1020. The van der Waals surface area contributed by atoms with E-state index in [0.717, 1.165) is 48.0 Å². The van der Waals surface area contributed by atoms with Crippen LogP contribution in [-0.2, 0) is 26.7 Å². The second-order valence-corrected chi connectivity index (χ2v) is 9.07. The van der Waals surface area contributed by atoms with Crippen LogP contribution in [0.2, 0.25) is 0 Å². The summed E-state index contributed by atoms with van der Waals surface area (Å²) >= 11 is 1.73. The van der Waals surface area contributed by atoms with Crippen molar-refractivity contribution in [3.63, 3.8) is 0 Å². The molecule has 1 aliphatic carbocycles. The number of nitrogens with zero attached hydrogens (tertiary/aromatic N) is 4. The molecule has 8 heteroatoms. The zero-order valence-corrected chi connectivity index (χ0v) is 19.2. The normalized spacial score (nSPS) is 14.0. The van der Waals surface area contributed by atoms with Crippen molar-refractivity contribution >= 4 is 17.3 Å². The molecule has 31 heavy (non-hydrogen) atoms. The lowest BCUT2D eigenvalue weighted by Crippen LogP contribution is -2.37. The van der Waals surface area contributed by atoms with Crippen LogP contribution in [0.4, 0.5) is 0 Å². The third kappa shape index (κ3) is 6.07. The van der Waals surface area contributed by atoms with Gasteiger partial charge in [0, 0.05) is 17.5 Å². The number of hydrogen-bond acceptors (Lipinski definition) is 5. The van der Waals surface area contributed by atoms with Gasteiger partial charge in [0.05, 0.1) is 26.2 Å². The van der Waals surface area contributed by atoms with Crippen LogP contribution in [0.1, 0.15) is 40.5 Å². The first-order valence-electron chi connectivity index (χ1n) is 10.7. The Morgan fingerprint density at radius 2 is 2.03 bits per heavy atom. The number of thiophene rings is 1. The fourth-order valence-electron chi connectivity index (χ4n) is 3.11. The average molecular weight is 439 g/mol. The molecule has 0 amide bonds. The van der Waals surface area contributed by atoms with Crippen LogP contribution in [0, 0.1) is 19.8 Å². The Balaban J connectivity index is 1.46. The van der Waals surface area contributed by atoms with Gasteiger partial charge < -0.3 is 19.9 Å². The molecule has 0 unspecified atom stereocenters. The quantitative estimate of drug-likeness (QED) is 0.393. The lowest BCUT2D eigenvalue weighted by atomic mass is 10.1. The fourth-order valence-corrected chi connectivity index (χ4v) is 3.75. The minimum atomic E-state index is 0.540. The first-order valence-corrected chi connectivity index (χ1v) is 11.6. The third-order valence-electron chi connectivity index (χ3n) is 5.41. The van der Waals surface area contributed by atoms with E-state index in [-0.39, 0.29) is 0 Å². The summed E-state index contributed by atoms with van der Waals surface area (Å²) in [6, 6.07) is 10.5. The Kier molecular flexibility index (Phi) is 6.86. The van der Waals surface area contributed by atoms with Gasteiger partial charge in [0.1, 0.15) is 11.6 Å². The number of ether oxygens (including phenoxy) is 1. The topological polar surface area (TPSA) is 76.4 Å². The van der Waals surface area contributed by atoms with Crippen molar-refractivity contribution in [2.24, 2.45) is 18.0 Å². The molecule has 2 heterocycles. The van der Waals surface area contributed by atoms with Gasteiger partial charge in [-0.1, -0.05) is 18.2 Å². The van der Waals surface area contributed by atoms with Gasteiger partial charge in [-0.05, 0) is 55.7 Å². The van der Waals surface area contributed by atoms with Crippen LogP contribution in [0.5, 0.6) is 5.75 Å². The molecule has 2 N–H and O–H groups in total. The largest absolute Gasteiger partial charge is 0.493 e. The van der Waals surface area contributed by atoms with E-state index < -0.39 is 0 Å². The Morgan fingerprint density at radius 1 is 1.19 bits per heavy atom. The summed E-state index contributed by atoms with van der Waals surface area (Å²) in [4.78, 5) is 6.10. The Morgan fingerprint density at radius 3 is 2.74 bits per heavy atom. The van der Waals surface area contributed by atoms with E-state index in [4.69, 9.17) is 9.73 Å². The van der Waals surface area contributed by atoms with E-state index in [9.17, 15) is 0 Å². The molecule has 0 saturated heterocycles. The number of nitrogens with one attached hydrogen (secondary N) is 2. The van der Waals surface area contributed by atoms with Crippen LogP contribution in [-0.4, -0.2) is 27.3 Å². The molecule has 0 spiro atoms. The van der Waals surface area contributed by atoms with Crippen LogP contribution < -0.4 is 15.4 Å². The lowest BCUT2D eigenvalue weighted by Gasteiger charge is -2.14. The number of benzene rings is 1. The predicted molar refractivity (Wildman–Crippen MR) is 124 cm³/mol. The first kappa shape index (κ1) is 21.4. The molecule has 3 aromatic rings. The highest BCUT2D eigenvalue weighted by molar-refractivity contribution is 7.09. The lowest BCUT2D eigenvalue weighted by molar-refractivity contribution is 0.296. The number of aliphatic imine (C=N–C) groups is 1. The summed E-state index contributed by atoms with van der Waals surface area (Å²) in [7, 11) is 1.97. The number of guanidine groups is 1. The van der Waals surface area contributed by atoms with Gasteiger partial charge in [-0.25, -0.2) is 4.99 Å². The van der Waals surface area contributed by atoms with Crippen LogP contribution in [0.25, 0.3) is 0 Å². The summed E-state index contributed by atoms with van der Waals surface area (Å²) in [5.41, 5.74) is 2.29. The Hall–Kier alpha value is -2.87. The minimum Gasteiger partial charge on any atom is -0.493 e. The van der Waals surface area contributed by atoms with Gasteiger partial charge >= 0.3 is 0 Å². The highest BCUT2D eigenvalue weighted by atomic mass is 32.1. The number of hydrogen-bond donors (Lipinski definition) is 2. The van der Waals surface area contributed by atoms with E-state index in [1.54, 1.807) is 11.3 Å². The van der Waals surface area contributed by atoms with Crippen LogP contribution in [0.15, 0.2) is 40.7 Å². The van der Waals surface area contributed by atoms with Crippen LogP contribution in [0.3, 0.4) is 0 Å². The third-order valence-corrected chi connectivity index (χ3v) is 6.28. The molecule has 1 aromatic carbocycles. The molecule has 0 atom stereocenters. The molecule has 7 nitrogen and oxygen atoms in total. The van der Waals surface area contributed by atoms with Gasteiger partial charge in [-0.2, -0.15) is 0 Å². The molecule has 0 aliphatic heterocycles. The maximum absolute atomic E-state index is 6.11. The van der Waals surface area contributed by atoms with Crippen molar-refractivity contribution in [3.8, 4) is 5.75 Å². The molecule has 1 aliphatic rings. The van der Waals surface area contributed by atoms with E-state index in [1.807, 2.05) is 18.5 Å². The molecule has 0 radical (unpaired) electrons. The maximum atomic E-state index is 6.11. The van der Waals surface area contributed by atoms with E-state index >= 15 is 0 Å². The molecular weight excluding hydrogens is 408 g/mol. The van der Waals surface area contributed by atoms with Crippen molar-refractivity contribution in [1.82, 2.24) is 25.4 Å². The SMILES string of the molecule is Cc1ccc(CN=C(NCc2cccs2)NCc2nnc(C)n2C)c(OCC2CC2)c1. The molecule has 1 saturated carbocycles. The summed E-state index contributed by atoms with van der Waals surface area (Å²) in [6.45, 7) is 6.65. The smallest absolute Gasteiger partial charge is 0.192 e. The second kappa shape index (κ2) is 9.96. The van der Waals surface area contributed by atoms with Crippen molar-refractivity contribution < 1.29 is 4.74 Å². The number of aryl methyl sites for hydroxylation is 2. The molecule has 0 bridgehead atoms. The van der Waals surface area contributed by atoms with Crippen molar-refractivity contribution in [3.05, 3.63) is 63.4 Å². The molecule has 2 aromatic heterocycles. The van der Waals surface area contributed by atoms with Crippen molar-refractivity contribution in [2.75, 3.05) is 6.61 Å². The molecule has 1 fully saturated rings. The standard InChI is InChI=1S/C23H30N6OS/c1-16-6-9-19(21(11-16)30-15-18-7-8-18)12-24-23(25-13-20-5-4-10-31-20)26-14-22-28-27-17(2)29(22)3/h4-6,9-11,18H,7-8,12-15H2,1-3H3,(H2,24,25,26). The van der Waals surface area contributed by atoms with E-state index in [2.05, 4.69) is 63.5 Å². The summed E-state index contributed by atoms with van der Waals surface area (Å²) in [5.74, 6) is 4.15. The zero-order chi connectivity index (χ0) is 21.6. The highest BCUT2D eigenvalue weighted by Crippen LogP contribution is 2.31. The molecular formula is C23H30N6OS. The first-order chi connectivity index (χ1) is 15.1. The Labute approximate surface area is 187 Å². The van der Waals surface area contributed by atoms with Gasteiger partial charge in [0.15, 0.2) is 11.8 Å². The summed E-state index contributed by atoms with van der Waals surface area (Å²) in [5, 5.41) is 17.3. The van der Waals surface area contributed by atoms with Crippen LogP contribution >= 0.6 is 11.3 Å². The second-order valence-electron chi connectivity index (χ2n) is 8.04. The monoisotopic (exact) mass is 438 g/mol. The van der Waals surface area contributed by atoms with Gasteiger partial charge in [0.25, 0.3) is 0 Å². The van der Waals surface area contributed by atoms with E-state index in [1.165, 1.54) is 23.3 Å². The number of rotatable bonds is 9.